The Hall–Kier alpha value is -2.24. The molecule has 0 N–H and O–H groups in total. The summed E-state index contributed by atoms with van der Waals surface area (Å²) in [6.07, 6.45) is 3.81. The maximum atomic E-state index is 13.1. The van der Waals surface area contributed by atoms with Crippen molar-refractivity contribution >= 4 is 20.9 Å². The van der Waals surface area contributed by atoms with E-state index >= 15 is 0 Å². The standard InChI is InChI=1S/C21H20N2O2S/c24-26(25,19-10-4-8-17-9-5-11-22-20(17)19)23-14-21(15-23)12-18(13-21)16-6-2-1-3-7-16/h1-11,18H,12-15H2. The summed E-state index contributed by atoms with van der Waals surface area (Å²) in [5.74, 6) is 0.570. The van der Waals surface area contributed by atoms with Crippen LogP contribution in [0, 0.1) is 5.41 Å². The van der Waals surface area contributed by atoms with Crippen molar-refractivity contribution in [3.8, 4) is 0 Å². The highest BCUT2D eigenvalue weighted by Crippen LogP contribution is 2.57. The van der Waals surface area contributed by atoms with Gasteiger partial charge in [0.2, 0.25) is 10.0 Å². The summed E-state index contributed by atoms with van der Waals surface area (Å²) in [6, 6.07) is 19.6. The molecule has 2 heterocycles. The lowest BCUT2D eigenvalue weighted by Gasteiger charge is -2.58. The molecule has 1 saturated carbocycles. The molecule has 132 valence electrons. The highest BCUT2D eigenvalue weighted by Gasteiger charge is 2.55. The minimum absolute atomic E-state index is 0.172. The van der Waals surface area contributed by atoms with Crippen molar-refractivity contribution in [3.63, 3.8) is 0 Å². The van der Waals surface area contributed by atoms with E-state index in [-0.39, 0.29) is 5.41 Å². The molecule has 1 saturated heterocycles. The quantitative estimate of drug-likeness (QED) is 0.710. The predicted octanol–water partition coefficient (Wildman–Crippen LogP) is 3.80. The summed E-state index contributed by atoms with van der Waals surface area (Å²) < 4.78 is 27.8. The molecule has 3 aromatic rings. The van der Waals surface area contributed by atoms with Crippen LogP contribution in [0.2, 0.25) is 0 Å². The average molecular weight is 364 g/mol. The molecular weight excluding hydrogens is 344 g/mol. The van der Waals surface area contributed by atoms with E-state index in [0.29, 0.717) is 29.4 Å². The van der Waals surface area contributed by atoms with Gasteiger partial charge in [0.15, 0.2) is 0 Å². The van der Waals surface area contributed by atoms with Crippen LogP contribution in [-0.4, -0.2) is 30.8 Å². The van der Waals surface area contributed by atoms with E-state index in [0.717, 1.165) is 18.2 Å². The number of aromatic nitrogens is 1. The number of pyridine rings is 1. The van der Waals surface area contributed by atoms with Crippen molar-refractivity contribution in [1.29, 1.82) is 0 Å². The molecule has 2 aliphatic rings. The third-order valence-corrected chi connectivity index (χ3v) is 7.69. The highest BCUT2D eigenvalue weighted by atomic mass is 32.2. The highest BCUT2D eigenvalue weighted by molar-refractivity contribution is 7.89. The summed E-state index contributed by atoms with van der Waals surface area (Å²) in [4.78, 5) is 4.63. The van der Waals surface area contributed by atoms with Gasteiger partial charge in [-0.05, 0) is 41.9 Å². The Balaban J connectivity index is 1.35. The Morgan fingerprint density at radius 1 is 0.923 bits per heavy atom. The maximum Gasteiger partial charge on any atom is 0.245 e. The zero-order valence-electron chi connectivity index (χ0n) is 14.4. The second-order valence-electron chi connectivity index (χ2n) is 7.62. The second kappa shape index (κ2) is 5.63. The Morgan fingerprint density at radius 3 is 2.42 bits per heavy atom. The number of sulfonamides is 1. The fourth-order valence-corrected chi connectivity index (χ4v) is 6.33. The number of para-hydroxylation sites is 1. The SMILES string of the molecule is O=S(=O)(c1cccc2cccnc12)N1CC2(CC(c3ccccc3)C2)C1. The molecule has 1 aromatic heterocycles. The summed E-state index contributed by atoms with van der Waals surface area (Å²) in [7, 11) is -3.49. The Bertz CT molecular complexity index is 1060. The van der Waals surface area contributed by atoms with E-state index in [2.05, 4.69) is 29.2 Å². The molecule has 5 rings (SSSR count). The van der Waals surface area contributed by atoms with Crippen molar-refractivity contribution < 1.29 is 8.42 Å². The van der Waals surface area contributed by atoms with E-state index < -0.39 is 10.0 Å². The van der Waals surface area contributed by atoms with Gasteiger partial charge in [0.1, 0.15) is 4.90 Å². The molecule has 2 fully saturated rings. The van der Waals surface area contributed by atoms with Gasteiger partial charge in [0.05, 0.1) is 5.52 Å². The first-order valence-corrected chi connectivity index (χ1v) is 10.4. The molecule has 1 spiro atoms. The molecule has 0 radical (unpaired) electrons. The Morgan fingerprint density at radius 2 is 1.65 bits per heavy atom. The van der Waals surface area contributed by atoms with Crippen molar-refractivity contribution in [2.75, 3.05) is 13.1 Å². The zero-order chi connectivity index (χ0) is 17.8. The van der Waals surface area contributed by atoms with Crippen LogP contribution in [-0.2, 0) is 10.0 Å². The topological polar surface area (TPSA) is 50.3 Å². The Labute approximate surface area is 153 Å². The molecular formula is C21H20N2O2S. The number of benzene rings is 2. The average Bonchev–Trinajstić information content (AvgIpc) is 2.59. The largest absolute Gasteiger partial charge is 0.255 e. The van der Waals surface area contributed by atoms with Crippen LogP contribution in [0.3, 0.4) is 0 Å². The number of rotatable bonds is 3. The first-order chi connectivity index (χ1) is 12.6. The van der Waals surface area contributed by atoms with E-state index in [4.69, 9.17) is 0 Å². The predicted molar refractivity (Wildman–Crippen MR) is 101 cm³/mol. The molecule has 0 amide bonds. The number of nitrogens with zero attached hydrogens (tertiary/aromatic N) is 2. The van der Waals surface area contributed by atoms with Crippen molar-refractivity contribution in [2.45, 2.75) is 23.7 Å². The van der Waals surface area contributed by atoms with E-state index in [1.807, 2.05) is 24.3 Å². The number of hydrogen-bond acceptors (Lipinski definition) is 3. The van der Waals surface area contributed by atoms with Gasteiger partial charge < -0.3 is 0 Å². The summed E-state index contributed by atoms with van der Waals surface area (Å²) in [5, 5.41) is 0.858. The molecule has 0 bridgehead atoms. The molecule has 5 heteroatoms. The van der Waals surface area contributed by atoms with E-state index in [9.17, 15) is 8.42 Å². The minimum Gasteiger partial charge on any atom is -0.255 e. The second-order valence-corrected chi connectivity index (χ2v) is 9.53. The van der Waals surface area contributed by atoms with E-state index in [1.54, 1.807) is 22.6 Å². The Kier molecular flexibility index (Phi) is 3.46. The van der Waals surface area contributed by atoms with Crippen LogP contribution in [0.5, 0.6) is 0 Å². The van der Waals surface area contributed by atoms with Crippen molar-refractivity contribution in [3.05, 3.63) is 72.4 Å². The molecule has 1 aliphatic heterocycles. The van der Waals surface area contributed by atoms with Gasteiger partial charge >= 0.3 is 0 Å². The zero-order valence-corrected chi connectivity index (χ0v) is 15.2. The molecule has 4 nitrogen and oxygen atoms in total. The van der Waals surface area contributed by atoms with Crippen LogP contribution < -0.4 is 0 Å². The molecule has 0 atom stereocenters. The molecule has 1 aliphatic carbocycles. The monoisotopic (exact) mass is 364 g/mol. The van der Waals surface area contributed by atoms with Gasteiger partial charge in [-0.3, -0.25) is 4.98 Å². The fraction of sp³-hybridized carbons (Fsp3) is 0.286. The smallest absolute Gasteiger partial charge is 0.245 e. The van der Waals surface area contributed by atoms with Gasteiger partial charge in [0.25, 0.3) is 0 Å². The van der Waals surface area contributed by atoms with Crippen LogP contribution in [0.15, 0.2) is 71.8 Å². The fourth-order valence-electron chi connectivity index (χ4n) is 4.50. The first-order valence-electron chi connectivity index (χ1n) is 8.96. The lowest BCUT2D eigenvalue weighted by Crippen LogP contribution is -2.63. The summed E-state index contributed by atoms with van der Waals surface area (Å²) in [6.45, 7) is 1.25. The lowest BCUT2D eigenvalue weighted by atomic mass is 9.57. The van der Waals surface area contributed by atoms with Gasteiger partial charge in [-0.15, -0.1) is 0 Å². The number of fused-ring (bicyclic) bond motifs is 1. The van der Waals surface area contributed by atoms with Gasteiger partial charge in [0, 0.05) is 24.7 Å². The van der Waals surface area contributed by atoms with Gasteiger partial charge in [-0.2, -0.15) is 4.31 Å². The summed E-state index contributed by atoms with van der Waals surface area (Å²) in [5.41, 5.74) is 2.11. The van der Waals surface area contributed by atoms with Gasteiger partial charge in [-0.1, -0.05) is 48.5 Å². The van der Waals surface area contributed by atoms with Crippen LogP contribution in [0.1, 0.15) is 24.3 Å². The van der Waals surface area contributed by atoms with Crippen molar-refractivity contribution in [1.82, 2.24) is 9.29 Å². The summed E-state index contributed by atoms with van der Waals surface area (Å²) >= 11 is 0. The maximum absolute atomic E-state index is 13.1. The third-order valence-electron chi connectivity index (χ3n) is 5.87. The minimum atomic E-state index is -3.49. The van der Waals surface area contributed by atoms with Crippen LogP contribution >= 0.6 is 0 Å². The molecule has 0 unspecified atom stereocenters. The van der Waals surface area contributed by atoms with Gasteiger partial charge in [-0.25, -0.2) is 8.42 Å². The van der Waals surface area contributed by atoms with Crippen LogP contribution in [0.4, 0.5) is 0 Å². The number of hydrogen-bond donors (Lipinski definition) is 0. The first kappa shape index (κ1) is 16.0. The lowest BCUT2D eigenvalue weighted by molar-refractivity contribution is -0.0255. The third kappa shape index (κ3) is 2.38. The molecule has 26 heavy (non-hydrogen) atoms. The van der Waals surface area contributed by atoms with Crippen molar-refractivity contribution in [2.24, 2.45) is 5.41 Å². The van der Waals surface area contributed by atoms with E-state index in [1.165, 1.54) is 5.56 Å². The van der Waals surface area contributed by atoms with Crippen LogP contribution in [0.25, 0.3) is 10.9 Å². The normalized spacial score (nSPS) is 20.0. The molecule has 2 aromatic carbocycles.